The topological polar surface area (TPSA) is 0 Å². The normalized spacial score (nSPS) is 13.3. The molecule has 0 fully saturated rings. The van der Waals surface area contributed by atoms with E-state index in [4.69, 9.17) is 0 Å². The first kappa shape index (κ1) is 19.1. The summed E-state index contributed by atoms with van der Waals surface area (Å²) in [6, 6.07) is 21.9. The van der Waals surface area contributed by atoms with Crippen molar-refractivity contribution in [3.63, 3.8) is 0 Å². The Hall–Kier alpha value is -0.903. The van der Waals surface area contributed by atoms with Gasteiger partial charge in [-0.1, -0.05) is 80.3 Å². The summed E-state index contributed by atoms with van der Waals surface area (Å²) in [6.07, 6.45) is 0. The summed E-state index contributed by atoms with van der Waals surface area (Å²) in [5, 5.41) is 0. The lowest BCUT2D eigenvalue weighted by molar-refractivity contribution is -0.922. The van der Waals surface area contributed by atoms with Gasteiger partial charge in [-0.25, -0.2) is 0 Å². The Morgan fingerprint density at radius 2 is 1.27 bits per heavy atom. The van der Waals surface area contributed by atoms with Crippen LogP contribution in [0, 0.1) is 0 Å². The zero-order valence-electron chi connectivity index (χ0n) is 14.4. The summed E-state index contributed by atoms with van der Waals surface area (Å²) in [5.41, 5.74) is 3.50. The number of hydrogen-bond donors (Lipinski definition) is 0. The molecule has 22 heavy (non-hydrogen) atoms. The van der Waals surface area contributed by atoms with Crippen LogP contribution in [0.2, 0.25) is 19.6 Å². The number of rotatable bonds is 5. The Labute approximate surface area is 147 Å². The van der Waals surface area contributed by atoms with Crippen LogP contribution in [0.5, 0.6) is 0 Å². The summed E-state index contributed by atoms with van der Waals surface area (Å²) >= 11 is 0. The molecule has 1 atom stereocenters. The Balaban J connectivity index is 0.00000242. The molecule has 0 aliphatic heterocycles. The van der Waals surface area contributed by atoms with Crippen LogP contribution < -0.4 is 17.0 Å². The van der Waals surface area contributed by atoms with Gasteiger partial charge in [0.05, 0.1) is 19.8 Å². The van der Waals surface area contributed by atoms with E-state index in [0.29, 0.717) is 5.67 Å². The second kappa shape index (κ2) is 7.58. The van der Waals surface area contributed by atoms with E-state index in [2.05, 4.69) is 94.4 Å². The predicted molar refractivity (Wildman–Crippen MR) is 94.8 cm³/mol. The van der Waals surface area contributed by atoms with Gasteiger partial charge in [0.25, 0.3) is 0 Å². The number of hydrogen-bond acceptors (Lipinski definition) is 0. The molecule has 0 saturated carbocycles. The molecule has 0 aliphatic carbocycles. The van der Waals surface area contributed by atoms with Gasteiger partial charge in [-0.15, -0.1) is 0 Å². The standard InChI is InChI=1S/C19H28NSi.BrH/c1-20(2,16-17-12-8-6-9-13-17)19(21(3,4)5)18-14-10-7-11-15-18;/h6-15,19H,16H2,1-5H3;1H/q+1;/p-1. The average Bonchev–Trinajstić information content (AvgIpc) is 2.38. The van der Waals surface area contributed by atoms with Crippen LogP contribution in [0.25, 0.3) is 0 Å². The summed E-state index contributed by atoms with van der Waals surface area (Å²) in [6.45, 7) is 8.52. The van der Waals surface area contributed by atoms with Crippen molar-refractivity contribution >= 4 is 8.07 Å². The molecule has 0 radical (unpaired) electrons. The highest BCUT2D eigenvalue weighted by atomic mass is 79.9. The molecular formula is C19H28BrNSi. The SMILES string of the molecule is C[N+](C)(Cc1ccccc1)C(c1ccccc1)[Si](C)(C)C.[Br-]. The third kappa shape index (κ3) is 4.80. The van der Waals surface area contributed by atoms with Crippen molar-refractivity contribution in [2.75, 3.05) is 14.1 Å². The van der Waals surface area contributed by atoms with Crippen molar-refractivity contribution in [3.8, 4) is 0 Å². The minimum Gasteiger partial charge on any atom is -1.00 e. The summed E-state index contributed by atoms with van der Waals surface area (Å²) in [5.74, 6) is 0. The molecule has 0 N–H and O–H groups in total. The van der Waals surface area contributed by atoms with Gasteiger partial charge in [0, 0.05) is 11.1 Å². The van der Waals surface area contributed by atoms with Crippen LogP contribution in [-0.2, 0) is 6.54 Å². The second-order valence-corrected chi connectivity index (χ2v) is 12.9. The first-order chi connectivity index (χ1) is 9.81. The van der Waals surface area contributed by atoms with Gasteiger partial charge in [0.1, 0.15) is 14.6 Å². The van der Waals surface area contributed by atoms with Crippen LogP contribution in [0.1, 0.15) is 16.8 Å². The predicted octanol–water partition coefficient (Wildman–Crippen LogP) is 1.89. The van der Waals surface area contributed by atoms with Gasteiger partial charge in [0.15, 0.2) is 0 Å². The van der Waals surface area contributed by atoms with E-state index in [0.717, 1.165) is 11.0 Å². The molecule has 0 heterocycles. The smallest absolute Gasteiger partial charge is 0.120 e. The van der Waals surface area contributed by atoms with E-state index in [1.54, 1.807) is 0 Å². The lowest BCUT2D eigenvalue weighted by Crippen LogP contribution is -3.00. The molecule has 2 rings (SSSR count). The van der Waals surface area contributed by atoms with Crippen LogP contribution in [0.3, 0.4) is 0 Å². The number of quaternary nitrogens is 1. The van der Waals surface area contributed by atoms with E-state index < -0.39 is 8.07 Å². The molecule has 120 valence electrons. The quantitative estimate of drug-likeness (QED) is 0.551. The monoisotopic (exact) mass is 377 g/mol. The molecule has 0 saturated heterocycles. The molecule has 1 unspecified atom stereocenters. The zero-order chi connectivity index (χ0) is 15.5. The molecule has 3 heteroatoms. The Morgan fingerprint density at radius 1 is 0.818 bits per heavy atom. The van der Waals surface area contributed by atoms with E-state index in [9.17, 15) is 0 Å². The molecule has 0 amide bonds. The first-order valence-electron chi connectivity index (χ1n) is 7.72. The average molecular weight is 378 g/mol. The number of nitrogens with zero attached hydrogens (tertiary/aromatic N) is 1. The molecule has 2 aromatic carbocycles. The maximum atomic E-state index is 2.48. The van der Waals surface area contributed by atoms with Crippen molar-refractivity contribution in [1.82, 2.24) is 0 Å². The van der Waals surface area contributed by atoms with Gasteiger partial charge in [0.2, 0.25) is 0 Å². The maximum absolute atomic E-state index is 2.48. The van der Waals surface area contributed by atoms with Crippen molar-refractivity contribution in [2.24, 2.45) is 0 Å². The van der Waals surface area contributed by atoms with E-state index >= 15 is 0 Å². The van der Waals surface area contributed by atoms with Gasteiger partial charge in [-0.05, 0) is 0 Å². The molecule has 2 aromatic rings. The zero-order valence-corrected chi connectivity index (χ0v) is 17.0. The molecule has 1 nitrogen and oxygen atoms in total. The van der Waals surface area contributed by atoms with E-state index in [1.165, 1.54) is 11.1 Å². The van der Waals surface area contributed by atoms with Gasteiger partial charge >= 0.3 is 0 Å². The second-order valence-electron chi connectivity index (χ2n) is 7.60. The maximum Gasteiger partial charge on any atom is 0.120 e. The fraction of sp³-hybridized carbons (Fsp3) is 0.368. The molecule has 0 bridgehead atoms. The van der Waals surface area contributed by atoms with Gasteiger partial charge in [-0.3, -0.25) is 0 Å². The van der Waals surface area contributed by atoms with Crippen LogP contribution in [0.4, 0.5) is 0 Å². The highest BCUT2D eigenvalue weighted by Crippen LogP contribution is 2.35. The van der Waals surface area contributed by atoms with Crippen molar-refractivity contribution in [1.29, 1.82) is 0 Å². The van der Waals surface area contributed by atoms with Crippen molar-refractivity contribution in [3.05, 3.63) is 71.8 Å². The fourth-order valence-corrected chi connectivity index (χ4v) is 7.11. The fourth-order valence-electron chi connectivity index (χ4n) is 3.73. The third-order valence-electron chi connectivity index (χ3n) is 4.07. The van der Waals surface area contributed by atoms with Crippen molar-refractivity contribution in [2.45, 2.75) is 31.9 Å². The minimum absolute atomic E-state index is 0. The van der Waals surface area contributed by atoms with Gasteiger partial charge in [-0.2, -0.15) is 0 Å². The Kier molecular flexibility index (Phi) is 6.60. The highest BCUT2D eigenvalue weighted by Gasteiger charge is 2.40. The van der Waals surface area contributed by atoms with Crippen LogP contribution in [-0.4, -0.2) is 26.7 Å². The van der Waals surface area contributed by atoms with E-state index in [-0.39, 0.29) is 17.0 Å². The molecule has 0 aliphatic rings. The third-order valence-corrected chi connectivity index (χ3v) is 6.74. The van der Waals surface area contributed by atoms with Gasteiger partial charge < -0.3 is 21.5 Å². The molecular weight excluding hydrogens is 350 g/mol. The molecule has 0 spiro atoms. The van der Waals surface area contributed by atoms with Crippen LogP contribution in [0.15, 0.2) is 60.7 Å². The summed E-state index contributed by atoms with van der Waals surface area (Å²) in [4.78, 5) is 0. The summed E-state index contributed by atoms with van der Waals surface area (Å²) in [7, 11) is 3.41. The van der Waals surface area contributed by atoms with Crippen molar-refractivity contribution < 1.29 is 21.5 Å². The lowest BCUT2D eigenvalue weighted by Gasteiger charge is -2.44. The lowest BCUT2D eigenvalue weighted by atomic mass is 10.1. The van der Waals surface area contributed by atoms with E-state index in [1.807, 2.05) is 0 Å². The van der Waals surface area contributed by atoms with Crippen LogP contribution >= 0.6 is 0 Å². The number of halogens is 1. The first-order valence-corrected chi connectivity index (χ1v) is 11.3. The number of benzene rings is 2. The molecule has 0 aromatic heterocycles. The highest BCUT2D eigenvalue weighted by molar-refractivity contribution is 6.77. The largest absolute Gasteiger partial charge is 1.00 e. The minimum atomic E-state index is -1.34. The Bertz CT molecular complexity index is 561. The Morgan fingerprint density at radius 3 is 1.73 bits per heavy atom. The summed E-state index contributed by atoms with van der Waals surface area (Å²) < 4.78 is 1.02.